The molecule has 1 heterocycles. The van der Waals surface area contributed by atoms with Gasteiger partial charge in [-0.15, -0.1) is 0 Å². The third-order valence-corrected chi connectivity index (χ3v) is 4.83. The Morgan fingerprint density at radius 1 is 1.06 bits per heavy atom. The van der Waals surface area contributed by atoms with Gasteiger partial charge in [0.2, 0.25) is 0 Å². The molecule has 2 heteroatoms. The van der Waals surface area contributed by atoms with Crippen molar-refractivity contribution >= 4 is 5.78 Å². The van der Waals surface area contributed by atoms with E-state index in [-0.39, 0.29) is 5.54 Å². The number of rotatable bonds is 4. The van der Waals surface area contributed by atoms with Crippen LogP contribution in [0.4, 0.5) is 0 Å². The molecule has 16 heavy (non-hydrogen) atoms. The van der Waals surface area contributed by atoms with Crippen molar-refractivity contribution in [2.45, 2.75) is 63.3 Å². The van der Waals surface area contributed by atoms with Gasteiger partial charge in [0.05, 0.1) is 5.54 Å². The lowest BCUT2D eigenvalue weighted by Gasteiger charge is -2.37. The summed E-state index contributed by atoms with van der Waals surface area (Å²) in [5.41, 5.74) is -0.000903. The highest BCUT2D eigenvalue weighted by atomic mass is 16.1. The zero-order chi connectivity index (χ0) is 11.0. The Bertz CT molecular complexity index is 270. The van der Waals surface area contributed by atoms with E-state index in [1.54, 1.807) is 0 Å². The fourth-order valence-corrected chi connectivity index (χ4v) is 3.65. The van der Waals surface area contributed by atoms with E-state index in [4.69, 9.17) is 0 Å². The molecule has 3 aliphatic rings. The first kappa shape index (κ1) is 10.8. The molecule has 3 fully saturated rings. The van der Waals surface area contributed by atoms with Crippen LogP contribution in [0.2, 0.25) is 0 Å². The summed E-state index contributed by atoms with van der Waals surface area (Å²) in [5, 5.41) is 0. The summed E-state index contributed by atoms with van der Waals surface area (Å²) in [5.74, 6) is 1.35. The Hall–Kier alpha value is -0.370. The Morgan fingerprint density at radius 3 is 2.25 bits per heavy atom. The molecule has 1 aliphatic heterocycles. The molecular weight excluding hydrogens is 198 g/mol. The minimum atomic E-state index is -0.000903. The van der Waals surface area contributed by atoms with Crippen LogP contribution >= 0.6 is 0 Å². The summed E-state index contributed by atoms with van der Waals surface area (Å²) in [6, 6.07) is 0. The van der Waals surface area contributed by atoms with E-state index >= 15 is 0 Å². The minimum absolute atomic E-state index is 0.000903. The molecule has 0 aromatic heterocycles. The van der Waals surface area contributed by atoms with Gasteiger partial charge in [0.25, 0.3) is 0 Å². The largest absolute Gasteiger partial charge is 0.298 e. The standard InChI is InChI=1S/C14H23NO/c16-13(11-12-5-6-12)14(7-1-2-8-14)15-9-3-4-10-15/h12H,1-11H2. The molecule has 3 rings (SSSR count). The van der Waals surface area contributed by atoms with Gasteiger partial charge in [-0.05, 0) is 57.5 Å². The van der Waals surface area contributed by atoms with Crippen LogP contribution in [0.15, 0.2) is 0 Å². The van der Waals surface area contributed by atoms with E-state index in [9.17, 15) is 4.79 Å². The maximum absolute atomic E-state index is 12.6. The third kappa shape index (κ3) is 1.81. The molecular formula is C14H23NO. The second-order valence-electron chi connectivity index (χ2n) is 6.00. The zero-order valence-electron chi connectivity index (χ0n) is 10.2. The quantitative estimate of drug-likeness (QED) is 0.727. The second kappa shape index (κ2) is 4.14. The highest BCUT2D eigenvalue weighted by Crippen LogP contribution is 2.42. The summed E-state index contributed by atoms with van der Waals surface area (Å²) in [6.07, 6.45) is 11.0. The van der Waals surface area contributed by atoms with Crippen LogP contribution in [-0.2, 0) is 4.79 Å². The van der Waals surface area contributed by atoms with Gasteiger partial charge in [-0.2, -0.15) is 0 Å². The molecule has 0 radical (unpaired) electrons. The van der Waals surface area contributed by atoms with Gasteiger partial charge in [0.15, 0.2) is 5.78 Å². The molecule has 0 amide bonds. The van der Waals surface area contributed by atoms with Crippen molar-refractivity contribution < 1.29 is 4.79 Å². The fraction of sp³-hybridized carbons (Fsp3) is 0.929. The lowest BCUT2D eigenvalue weighted by atomic mass is 9.87. The number of Topliss-reactive ketones (excluding diaryl/α,β-unsaturated/α-hetero) is 1. The number of nitrogens with zero attached hydrogens (tertiary/aromatic N) is 1. The average Bonchev–Trinajstić information content (AvgIpc) is 2.84. The molecule has 0 bridgehead atoms. The van der Waals surface area contributed by atoms with Gasteiger partial charge in [0.1, 0.15) is 0 Å². The van der Waals surface area contributed by atoms with Crippen molar-refractivity contribution in [1.29, 1.82) is 0 Å². The highest BCUT2D eigenvalue weighted by molar-refractivity contribution is 5.89. The summed E-state index contributed by atoms with van der Waals surface area (Å²) >= 11 is 0. The molecule has 0 atom stereocenters. The van der Waals surface area contributed by atoms with Crippen LogP contribution in [0.25, 0.3) is 0 Å². The van der Waals surface area contributed by atoms with Crippen LogP contribution in [0.1, 0.15) is 57.8 Å². The number of ketones is 1. The van der Waals surface area contributed by atoms with Crippen molar-refractivity contribution in [3.8, 4) is 0 Å². The van der Waals surface area contributed by atoms with Crippen molar-refractivity contribution in [2.24, 2.45) is 5.92 Å². The van der Waals surface area contributed by atoms with Gasteiger partial charge in [0, 0.05) is 6.42 Å². The van der Waals surface area contributed by atoms with E-state index < -0.39 is 0 Å². The first-order chi connectivity index (χ1) is 7.81. The van der Waals surface area contributed by atoms with Crippen LogP contribution < -0.4 is 0 Å². The Labute approximate surface area is 98.4 Å². The van der Waals surface area contributed by atoms with Gasteiger partial charge in [-0.1, -0.05) is 12.8 Å². The van der Waals surface area contributed by atoms with E-state index in [1.165, 1.54) is 51.6 Å². The first-order valence-corrected chi connectivity index (χ1v) is 7.10. The van der Waals surface area contributed by atoms with Crippen LogP contribution in [0.3, 0.4) is 0 Å². The predicted octanol–water partition coefficient (Wildman–Crippen LogP) is 2.76. The molecule has 2 aliphatic carbocycles. The maximum Gasteiger partial charge on any atom is 0.153 e. The number of carbonyl (C=O) groups is 1. The topological polar surface area (TPSA) is 20.3 Å². The molecule has 1 saturated heterocycles. The van der Waals surface area contributed by atoms with Gasteiger partial charge < -0.3 is 0 Å². The second-order valence-corrected chi connectivity index (χ2v) is 6.00. The number of hydrogen-bond acceptors (Lipinski definition) is 2. The molecule has 0 spiro atoms. The van der Waals surface area contributed by atoms with Crippen molar-refractivity contribution in [3.05, 3.63) is 0 Å². The summed E-state index contributed by atoms with van der Waals surface area (Å²) in [6.45, 7) is 2.35. The van der Waals surface area contributed by atoms with Crippen LogP contribution in [0.5, 0.6) is 0 Å². The Balaban J connectivity index is 1.74. The van der Waals surface area contributed by atoms with E-state index in [1.807, 2.05) is 0 Å². The fourth-order valence-electron chi connectivity index (χ4n) is 3.65. The van der Waals surface area contributed by atoms with E-state index in [2.05, 4.69) is 4.90 Å². The van der Waals surface area contributed by atoms with E-state index in [0.717, 1.165) is 25.2 Å². The molecule has 2 nitrogen and oxygen atoms in total. The molecule has 0 N–H and O–H groups in total. The van der Waals surface area contributed by atoms with Crippen LogP contribution in [-0.4, -0.2) is 29.3 Å². The predicted molar refractivity (Wildman–Crippen MR) is 64.4 cm³/mol. The number of hydrogen-bond donors (Lipinski definition) is 0. The van der Waals surface area contributed by atoms with Gasteiger partial charge in [-0.25, -0.2) is 0 Å². The molecule has 90 valence electrons. The monoisotopic (exact) mass is 221 g/mol. The Kier molecular flexibility index (Phi) is 2.78. The van der Waals surface area contributed by atoms with E-state index in [0.29, 0.717) is 5.78 Å². The number of likely N-dealkylation sites (tertiary alicyclic amines) is 1. The number of carbonyl (C=O) groups excluding carboxylic acids is 1. The molecule has 2 saturated carbocycles. The van der Waals surface area contributed by atoms with Crippen molar-refractivity contribution in [3.63, 3.8) is 0 Å². The summed E-state index contributed by atoms with van der Waals surface area (Å²) < 4.78 is 0. The van der Waals surface area contributed by atoms with Crippen molar-refractivity contribution in [1.82, 2.24) is 4.90 Å². The van der Waals surface area contributed by atoms with Crippen LogP contribution in [0, 0.1) is 5.92 Å². The molecule has 0 aromatic rings. The Morgan fingerprint density at radius 2 is 1.69 bits per heavy atom. The van der Waals surface area contributed by atoms with Gasteiger partial charge >= 0.3 is 0 Å². The smallest absolute Gasteiger partial charge is 0.153 e. The minimum Gasteiger partial charge on any atom is -0.298 e. The average molecular weight is 221 g/mol. The van der Waals surface area contributed by atoms with Crippen molar-refractivity contribution in [2.75, 3.05) is 13.1 Å². The third-order valence-electron chi connectivity index (χ3n) is 4.83. The maximum atomic E-state index is 12.6. The lowest BCUT2D eigenvalue weighted by molar-refractivity contribution is -0.131. The SMILES string of the molecule is O=C(CC1CC1)C1(N2CCCC2)CCCC1. The summed E-state index contributed by atoms with van der Waals surface area (Å²) in [4.78, 5) is 15.1. The zero-order valence-corrected chi connectivity index (χ0v) is 10.2. The molecule has 0 unspecified atom stereocenters. The summed E-state index contributed by atoms with van der Waals surface area (Å²) in [7, 11) is 0. The first-order valence-electron chi connectivity index (χ1n) is 7.10. The normalized spacial score (nSPS) is 29.8. The highest BCUT2D eigenvalue weighted by Gasteiger charge is 2.47. The molecule has 0 aromatic carbocycles. The van der Waals surface area contributed by atoms with Gasteiger partial charge in [-0.3, -0.25) is 9.69 Å². The lowest BCUT2D eigenvalue weighted by Crippen LogP contribution is -2.51.